The minimum atomic E-state index is 0. The molecule has 1 unspecified atom stereocenters. The van der Waals surface area contributed by atoms with Gasteiger partial charge in [0.05, 0.1) is 25.3 Å². The summed E-state index contributed by atoms with van der Waals surface area (Å²) in [5.41, 5.74) is 6.52. The lowest BCUT2D eigenvalue weighted by Crippen LogP contribution is -2.38. The average molecular weight is 297 g/mol. The van der Waals surface area contributed by atoms with Gasteiger partial charge in [0.15, 0.2) is 5.82 Å². The number of para-hydroxylation sites is 2. The number of fused-ring (bicyclic) bond motifs is 1. The summed E-state index contributed by atoms with van der Waals surface area (Å²) in [4.78, 5) is 6.42. The fraction of sp³-hybridized carbons (Fsp3) is 0.385. The monoisotopic (exact) mass is 296 g/mol. The number of aromatic nitrogens is 2. The molecule has 1 aromatic heterocycles. The topological polar surface area (TPSA) is 77.4 Å². The Hall–Kier alpha value is -1.79. The van der Waals surface area contributed by atoms with E-state index < -0.39 is 0 Å². The summed E-state index contributed by atoms with van der Waals surface area (Å²) in [7, 11) is 0. The zero-order valence-corrected chi connectivity index (χ0v) is 12.0. The van der Waals surface area contributed by atoms with E-state index in [0.29, 0.717) is 18.3 Å². The molecule has 0 saturated heterocycles. The van der Waals surface area contributed by atoms with E-state index in [1.165, 1.54) is 0 Å². The van der Waals surface area contributed by atoms with Gasteiger partial charge < -0.3 is 19.9 Å². The molecule has 1 aromatic carbocycles. The van der Waals surface area contributed by atoms with E-state index in [1.807, 2.05) is 31.2 Å². The number of hydrogen-bond acceptors (Lipinski definition) is 6. The standard InChI is InChI=1S/C13H16N4O2.ClH/c1-9-7-17(8-12-15-13(6-14)19-16-12)10-4-2-3-5-11(10)18-9;/h2-5,9H,6-8,14H2,1H3;1H. The maximum Gasteiger partial charge on any atom is 0.240 e. The molecule has 20 heavy (non-hydrogen) atoms. The van der Waals surface area contributed by atoms with Crippen LogP contribution in [-0.4, -0.2) is 22.8 Å². The Kier molecular flexibility index (Phi) is 4.46. The predicted molar refractivity (Wildman–Crippen MR) is 77.0 cm³/mol. The first-order valence-electron chi connectivity index (χ1n) is 6.28. The highest BCUT2D eigenvalue weighted by Crippen LogP contribution is 2.33. The molecule has 0 fully saturated rings. The van der Waals surface area contributed by atoms with Gasteiger partial charge in [0.2, 0.25) is 5.89 Å². The average Bonchev–Trinajstić information content (AvgIpc) is 2.86. The van der Waals surface area contributed by atoms with E-state index in [0.717, 1.165) is 18.0 Å². The number of rotatable bonds is 3. The Morgan fingerprint density at radius 2 is 2.20 bits per heavy atom. The van der Waals surface area contributed by atoms with Gasteiger partial charge in [0.1, 0.15) is 11.9 Å². The Morgan fingerprint density at radius 1 is 1.40 bits per heavy atom. The molecule has 1 atom stereocenters. The third-order valence-electron chi connectivity index (χ3n) is 3.03. The third-order valence-corrected chi connectivity index (χ3v) is 3.03. The van der Waals surface area contributed by atoms with Crippen molar-refractivity contribution in [3.8, 4) is 5.75 Å². The van der Waals surface area contributed by atoms with E-state index in [9.17, 15) is 0 Å². The SMILES string of the molecule is CC1CN(Cc2noc(CN)n2)c2ccccc2O1.Cl. The van der Waals surface area contributed by atoms with Crippen molar-refractivity contribution >= 4 is 18.1 Å². The van der Waals surface area contributed by atoms with Gasteiger partial charge in [-0.25, -0.2) is 0 Å². The predicted octanol–water partition coefficient (Wildman–Crippen LogP) is 1.74. The molecule has 0 aliphatic carbocycles. The van der Waals surface area contributed by atoms with Crippen LogP contribution >= 0.6 is 12.4 Å². The van der Waals surface area contributed by atoms with Crippen LogP contribution < -0.4 is 15.4 Å². The number of benzene rings is 1. The first kappa shape index (κ1) is 14.6. The van der Waals surface area contributed by atoms with Gasteiger partial charge in [-0.1, -0.05) is 17.3 Å². The van der Waals surface area contributed by atoms with E-state index in [4.69, 9.17) is 15.0 Å². The number of nitrogens with two attached hydrogens (primary N) is 1. The van der Waals surface area contributed by atoms with Crippen LogP contribution in [-0.2, 0) is 13.1 Å². The summed E-state index contributed by atoms with van der Waals surface area (Å²) in [5.74, 6) is 2.00. The van der Waals surface area contributed by atoms with Crippen molar-refractivity contribution in [3.05, 3.63) is 36.0 Å². The molecule has 0 radical (unpaired) electrons. The molecule has 0 saturated carbocycles. The van der Waals surface area contributed by atoms with E-state index in [2.05, 4.69) is 15.0 Å². The first-order chi connectivity index (χ1) is 9.26. The molecule has 2 aromatic rings. The Morgan fingerprint density at radius 3 is 2.95 bits per heavy atom. The molecule has 1 aliphatic heterocycles. The number of ether oxygens (including phenoxy) is 1. The lowest BCUT2D eigenvalue weighted by molar-refractivity contribution is 0.211. The Labute approximate surface area is 123 Å². The highest BCUT2D eigenvalue weighted by Gasteiger charge is 2.23. The van der Waals surface area contributed by atoms with Crippen molar-refractivity contribution in [1.82, 2.24) is 10.1 Å². The molecular formula is C13H17ClN4O2. The molecule has 2 N–H and O–H groups in total. The van der Waals surface area contributed by atoms with E-state index in [1.54, 1.807) is 0 Å². The second kappa shape index (κ2) is 6.11. The smallest absolute Gasteiger partial charge is 0.240 e. The molecule has 0 bridgehead atoms. The summed E-state index contributed by atoms with van der Waals surface area (Å²) in [6.45, 7) is 3.70. The third kappa shape index (κ3) is 2.86. The maximum atomic E-state index is 5.80. The van der Waals surface area contributed by atoms with Crippen LogP contribution in [0.5, 0.6) is 5.75 Å². The van der Waals surface area contributed by atoms with Crippen molar-refractivity contribution in [1.29, 1.82) is 0 Å². The van der Waals surface area contributed by atoms with Gasteiger partial charge in [-0.3, -0.25) is 0 Å². The fourth-order valence-corrected chi connectivity index (χ4v) is 2.24. The van der Waals surface area contributed by atoms with Crippen LogP contribution in [0.25, 0.3) is 0 Å². The second-order valence-corrected chi connectivity index (χ2v) is 4.59. The Bertz CT molecular complexity index is 575. The van der Waals surface area contributed by atoms with Crippen LogP contribution in [0.3, 0.4) is 0 Å². The van der Waals surface area contributed by atoms with Crippen molar-refractivity contribution in [2.24, 2.45) is 5.73 Å². The zero-order valence-electron chi connectivity index (χ0n) is 11.2. The Balaban J connectivity index is 0.00000147. The molecule has 7 heteroatoms. The number of hydrogen-bond donors (Lipinski definition) is 1. The summed E-state index contributed by atoms with van der Waals surface area (Å²) < 4.78 is 10.8. The van der Waals surface area contributed by atoms with Gasteiger partial charge in [-0.05, 0) is 19.1 Å². The summed E-state index contributed by atoms with van der Waals surface area (Å²) in [6, 6.07) is 7.97. The summed E-state index contributed by atoms with van der Waals surface area (Å²) >= 11 is 0. The minimum absolute atomic E-state index is 0. The molecule has 6 nitrogen and oxygen atoms in total. The first-order valence-corrected chi connectivity index (χ1v) is 6.28. The van der Waals surface area contributed by atoms with E-state index in [-0.39, 0.29) is 25.1 Å². The van der Waals surface area contributed by atoms with Crippen molar-refractivity contribution in [2.75, 3.05) is 11.4 Å². The summed E-state index contributed by atoms with van der Waals surface area (Å²) in [5, 5.41) is 3.93. The van der Waals surface area contributed by atoms with E-state index >= 15 is 0 Å². The number of anilines is 1. The van der Waals surface area contributed by atoms with Crippen LogP contribution in [0.1, 0.15) is 18.6 Å². The fourth-order valence-electron chi connectivity index (χ4n) is 2.24. The van der Waals surface area contributed by atoms with Gasteiger partial charge in [0.25, 0.3) is 0 Å². The molecule has 0 spiro atoms. The highest BCUT2D eigenvalue weighted by molar-refractivity contribution is 5.85. The zero-order chi connectivity index (χ0) is 13.2. The molecular weight excluding hydrogens is 280 g/mol. The van der Waals surface area contributed by atoms with Crippen molar-refractivity contribution in [2.45, 2.75) is 26.1 Å². The van der Waals surface area contributed by atoms with Crippen LogP contribution in [0.4, 0.5) is 5.69 Å². The van der Waals surface area contributed by atoms with Crippen LogP contribution in [0.15, 0.2) is 28.8 Å². The van der Waals surface area contributed by atoms with Crippen LogP contribution in [0, 0.1) is 0 Å². The molecule has 2 heterocycles. The van der Waals surface area contributed by atoms with Gasteiger partial charge in [-0.15, -0.1) is 12.4 Å². The lowest BCUT2D eigenvalue weighted by atomic mass is 10.2. The number of halogens is 1. The largest absolute Gasteiger partial charge is 0.487 e. The van der Waals surface area contributed by atoms with Crippen LogP contribution in [0.2, 0.25) is 0 Å². The normalized spacial score (nSPS) is 17.1. The quantitative estimate of drug-likeness (QED) is 0.929. The van der Waals surface area contributed by atoms with Crippen molar-refractivity contribution < 1.29 is 9.26 Å². The molecule has 108 valence electrons. The maximum absolute atomic E-state index is 5.80. The highest BCUT2D eigenvalue weighted by atomic mass is 35.5. The molecule has 0 amide bonds. The lowest BCUT2D eigenvalue weighted by Gasteiger charge is -2.34. The molecule has 1 aliphatic rings. The van der Waals surface area contributed by atoms with Crippen molar-refractivity contribution in [3.63, 3.8) is 0 Å². The molecule has 3 rings (SSSR count). The minimum Gasteiger partial charge on any atom is -0.487 e. The summed E-state index contributed by atoms with van der Waals surface area (Å²) in [6.07, 6.45) is 0.135. The van der Waals surface area contributed by atoms with Gasteiger partial charge >= 0.3 is 0 Å². The number of nitrogens with zero attached hydrogens (tertiary/aromatic N) is 3. The second-order valence-electron chi connectivity index (χ2n) is 4.59. The van der Waals surface area contributed by atoms with Gasteiger partial charge in [-0.2, -0.15) is 4.98 Å². The van der Waals surface area contributed by atoms with Gasteiger partial charge in [0, 0.05) is 0 Å².